The lowest BCUT2D eigenvalue weighted by molar-refractivity contribution is -0.170. The summed E-state index contributed by atoms with van der Waals surface area (Å²) in [5.41, 5.74) is 1.57. The molecule has 43 heavy (non-hydrogen) atoms. The first-order valence-corrected chi connectivity index (χ1v) is 13.7. The number of aliphatic hydroxyl groups is 1. The zero-order valence-electron chi connectivity index (χ0n) is 24.3. The summed E-state index contributed by atoms with van der Waals surface area (Å²) in [7, 11) is 4.75. The van der Waals surface area contributed by atoms with Gasteiger partial charge < -0.3 is 44.4 Å². The number of esters is 1. The van der Waals surface area contributed by atoms with Gasteiger partial charge in [-0.1, -0.05) is 0 Å². The largest absolute Gasteiger partial charge is 0.497 e. The highest BCUT2D eigenvalue weighted by atomic mass is 16.5. The van der Waals surface area contributed by atoms with Crippen LogP contribution >= 0.6 is 0 Å². The van der Waals surface area contributed by atoms with Crippen molar-refractivity contribution in [3.63, 3.8) is 0 Å². The monoisotopic (exact) mass is 604 g/mol. The Bertz CT molecular complexity index is 1430. The minimum atomic E-state index is -2.74. The molecule has 0 amide bonds. The van der Waals surface area contributed by atoms with Gasteiger partial charge in [0.25, 0.3) is 0 Å². The lowest BCUT2D eigenvalue weighted by Crippen LogP contribution is -2.51. The standard InChI is InChI=1S/C23H28N2O5.C6H8O7/c1-12-16-10-25-6-5-13-15-8-20(27-2)21(28-3)9-18(15)24-22(13)19(25)7-14(16)17(11-30-12)23(26)29-4;7-3(8)1-6(13,5(11)12)2-4(9)10/h8-9,11-12,14,16,19,24H,5-7,10H2,1-4H3;13H,1-2H2,(H,7,8)(H,9,10)(H,11,12). The number of H-pyrrole nitrogens is 1. The molecule has 1 saturated heterocycles. The molecule has 0 aliphatic carbocycles. The molecule has 0 saturated carbocycles. The van der Waals surface area contributed by atoms with E-state index in [4.69, 9.17) is 39.4 Å². The minimum Gasteiger partial charge on any atom is -0.497 e. The fourth-order valence-corrected chi connectivity index (χ4v) is 6.28. The summed E-state index contributed by atoms with van der Waals surface area (Å²) in [5, 5.41) is 35.0. The zero-order valence-corrected chi connectivity index (χ0v) is 24.3. The third kappa shape index (κ3) is 6.25. The van der Waals surface area contributed by atoms with Crippen LogP contribution in [-0.4, -0.2) is 100 Å². The number of ether oxygens (including phenoxy) is 4. The van der Waals surface area contributed by atoms with Crippen molar-refractivity contribution >= 4 is 34.8 Å². The second-order valence-electron chi connectivity index (χ2n) is 10.9. The highest BCUT2D eigenvalue weighted by molar-refractivity contribution is 5.90. The third-order valence-electron chi connectivity index (χ3n) is 8.42. The molecule has 4 atom stereocenters. The van der Waals surface area contributed by atoms with Crippen LogP contribution in [0.1, 0.15) is 43.5 Å². The van der Waals surface area contributed by atoms with Gasteiger partial charge in [-0.25, -0.2) is 9.59 Å². The number of nitrogens with zero attached hydrogens (tertiary/aromatic N) is 1. The number of aromatic nitrogens is 1. The van der Waals surface area contributed by atoms with Crippen molar-refractivity contribution in [3.05, 3.63) is 35.2 Å². The summed E-state index contributed by atoms with van der Waals surface area (Å²) in [5.74, 6) is -3.43. The third-order valence-corrected chi connectivity index (χ3v) is 8.42. The van der Waals surface area contributed by atoms with Crippen molar-refractivity contribution in [3.8, 4) is 11.5 Å². The zero-order chi connectivity index (χ0) is 31.6. The van der Waals surface area contributed by atoms with E-state index in [1.165, 1.54) is 23.8 Å². The fourth-order valence-electron chi connectivity index (χ4n) is 6.28. The Hall–Kier alpha value is -4.30. The Balaban J connectivity index is 0.000000277. The van der Waals surface area contributed by atoms with Gasteiger partial charge in [-0.3, -0.25) is 14.5 Å². The first-order valence-electron chi connectivity index (χ1n) is 13.7. The number of aromatic amines is 1. The molecule has 5 N–H and O–H groups in total. The van der Waals surface area contributed by atoms with Gasteiger partial charge in [-0.2, -0.15) is 0 Å². The number of benzene rings is 1. The van der Waals surface area contributed by atoms with Crippen LogP contribution in [0.4, 0.5) is 0 Å². The van der Waals surface area contributed by atoms with Crippen molar-refractivity contribution in [2.24, 2.45) is 11.8 Å². The molecule has 1 aromatic carbocycles. The predicted molar refractivity (Wildman–Crippen MR) is 149 cm³/mol. The van der Waals surface area contributed by atoms with Gasteiger partial charge in [0.2, 0.25) is 0 Å². The van der Waals surface area contributed by atoms with Gasteiger partial charge >= 0.3 is 23.9 Å². The Labute approximate surface area is 246 Å². The summed E-state index contributed by atoms with van der Waals surface area (Å²) >= 11 is 0. The molecule has 234 valence electrons. The Kier molecular flexibility index (Phi) is 9.21. The molecule has 14 nitrogen and oxygen atoms in total. The molecule has 0 radical (unpaired) electrons. The summed E-state index contributed by atoms with van der Waals surface area (Å²) in [6.07, 6.45) is 1.27. The lowest BCUT2D eigenvalue weighted by Gasteiger charge is -2.49. The van der Waals surface area contributed by atoms with Gasteiger partial charge in [0.15, 0.2) is 17.1 Å². The van der Waals surface area contributed by atoms with Gasteiger partial charge in [0, 0.05) is 47.6 Å². The van der Waals surface area contributed by atoms with Gasteiger partial charge in [0.05, 0.1) is 58.2 Å². The van der Waals surface area contributed by atoms with E-state index >= 15 is 0 Å². The number of hydrogen-bond acceptors (Lipinski definition) is 10. The number of aliphatic carboxylic acids is 3. The molecule has 5 rings (SSSR count). The number of carbonyl (C=O) groups is 4. The first-order chi connectivity index (χ1) is 20.3. The van der Waals surface area contributed by atoms with Crippen LogP contribution in [0, 0.1) is 11.8 Å². The van der Waals surface area contributed by atoms with Crippen LogP contribution < -0.4 is 9.47 Å². The molecule has 1 aromatic heterocycles. The van der Waals surface area contributed by atoms with Crippen LogP contribution in [0.2, 0.25) is 0 Å². The summed E-state index contributed by atoms with van der Waals surface area (Å²) in [4.78, 5) is 49.1. The van der Waals surface area contributed by atoms with E-state index in [1.54, 1.807) is 20.5 Å². The molecular formula is C29H36N2O12. The molecule has 3 aliphatic heterocycles. The van der Waals surface area contributed by atoms with E-state index in [9.17, 15) is 19.2 Å². The van der Waals surface area contributed by atoms with Crippen LogP contribution in [0.15, 0.2) is 24.0 Å². The Morgan fingerprint density at radius 2 is 1.67 bits per heavy atom. The first kappa shape index (κ1) is 31.6. The van der Waals surface area contributed by atoms with Crippen LogP contribution in [0.5, 0.6) is 11.5 Å². The van der Waals surface area contributed by atoms with E-state index in [-0.39, 0.29) is 30.0 Å². The maximum Gasteiger partial charge on any atom is 0.337 e. The molecule has 0 bridgehead atoms. The van der Waals surface area contributed by atoms with Crippen LogP contribution in [0.3, 0.4) is 0 Å². The van der Waals surface area contributed by atoms with E-state index in [1.807, 2.05) is 6.07 Å². The van der Waals surface area contributed by atoms with Crippen molar-refractivity contribution < 1.29 is 58.6 Å². The molecule has 4 unspecified atom stereocenters. The quantitative estimate of drug-likeness (QED) is 0.274. The van der Waals surface area contributed by atoms with Gasteiger partial charge in [0.1, 0.15) is 0 Å². The number of carboxylic acids is 3. The van der Waals surface area contributed by atoms with E-state index in [2.05, 4.69) is 22.9 Å². The Morgan fingerprint density at radius 1 is 1.05 bits per heavy atom. The maximum atomic E-state index is 12.4. The van der Waals surface area contributed by atoms with E-state index < -0.39 is 36.4 Å². The van der Waals surface area contributed by atoms with E-state index in [0.717, 1.165) is 42.9 Å². The SMILES string of the molecule is COC(=O)C1=COC(C)C2CN3CCc4c([nH]c5cc(OC)c(OC)cc45)C3CC12.O=C(O)CC(O)(CC(=O)O)C(=O)O. The number of methoxy groups -OCH3 is 3. The number of hydrogen-bond donors (Lipinski definition) is 5. The van der Waals surface area contributed by atoms with Crippen molar-refractivity contribution in [1.82, 2.24) is 9.88 Å². The fraction of sp³-hybridized carbons (Fsp3) is 0.517. The highest BCUT2D eigenvalue weighted by Gasteiger charge is 2.47. The number of nitrogens with one attached hydrogen (secondary N) is 1. The molecule has 2 aromatic rings. The van der Waals surface area contributed by atoms with Crippen molar-refractivity contribution in [2.75, 3.05) is 34.4 Å². The second kappa shape index (κ2) is 12.5. The lowest BCUT2D eigenvalue weighted by atomic mass is 9.72. The molecule has 1 fully saturated rings. The normalized spacial score (nSPS) is 22.8. The van der Waals surface area contributed by atoms with Crippen molar-refractivity contribution in [2.45, 2.75) is 50.4 Å². The number of piperidine rings is 1. The van der Waals surface area contributed by atoms with E-state index in [0.29, 0.717) is 5.57 Å². The minimum absolute atomic E-state index is 0.0852. The predicted octanol–water partition coefficient (Wildman–Crippen LogP) is 1.95. The molecule has 0 spiro atoms. The second-order valence-corrected chi connectivity index (χ2v) is 10.9. The number of rotatable bonds is 8. The molecule has 3 aliphatic rings. The number of carbonyl (C=O) groups excluding carboxylic acids is 1. The summed E-state index contributed by atoms with van der Waals surface area (Å²) in [6, 6.07) is 4.32. The average Bonchev–Trinajstić information content (AvgIpc) is 3.32. The highest BCUT2D eigenvalue weighted by Crippen LogP contribution is 2.48. The number of carboxylic acid groups (broad SMARTS) is 3. The van der Waals surface area contributed by atoms with Gasteiger partial charge in [-0.05, 0) is 31.4 Å². The van der Waals surface area contributed by atoms with Crippen LogP contribution in [-0.2, 0) is 35.1 Å². The molecule has 14 heteroatoms. The maximum absolute atomic E-state index is 12.4. The molecule has 4 heterocycles. The van der Waals surface area contributed by atoms with Gasteiger partial charge in [-0.15, -0.1) is 0 Å². The smallest absolute Gasteiger partial charge is 0.337 e. The summed E-state index contributed by atoms with van der Waals surface area (Å²) < 4.78 is 21.9. The average molecular weight is 605 g/mol. The topological polar surface area (TPSA) is 205 Å². The summed E-state index contributed by atoms with van der Waals surface area (Å²) in [6.45, 7) is 4.00. The van der Waals surface area contributed by atoms with Crippen molar-refractivity contribution in [1.29, 1.82) is 0 Å². The van der Waals surface area contributed by atoms with Crippen LogP contribution in [0.25, 0.3) is 10.9 Å². The number of fused-ring (bicyclic) bond motifs is 6. The Morgan fingerprint density at radius 3 is 2.23 bits per heavy atom. The molecular weight excluding hydrogens is 568 g/mol.